The van der Waals surface area contributed by atoms with Crippen molar-refractivity contribution in [1.82, 2.24) is 10.3 Å². The molecule has 0 aliphatic carbocycles. The molecule has 0 unspecified atom stereocenters. The lowest BCUT2D eigenvalue weighted by atomic mass is 10.1. The van der Waals surface area contributed by atoms with Crippen molar-refractivity contribution < 1.29 is 4.79 Å². The molecule has 1 amide bonds. The van der Waals surface area contributed by atoms with E-state index in [1.807, 2.05) is 0 Å². The summed E-state index contributed by atoms with van der Waals surface area (Å²) < 4.78 is 0. The van der Waals surface area contributed by atoms with Gasteiger partial charge in [0.25, 0.3) is 0 Å². The number of aryl methyl sites for hydroxylation is 1. The van der Waals surface area contributed by atoms with Crippen molar-refractivity contribution in [3.8, 4) is 0 Å². The molecule has 4 heteroatoms. The van der Waals surface area contributed by atoms with Gasteiger partial charge in [-0.3, -0.25) is 10.2 Å². The molecule has 0 aliphatic rings. The molecule has 1 aromatic carbocycles. The number of nitrogens with zero attached hydrogens (tertiary/aromatic N) is 1. The van der Waals surface area contributed by atoms with E-state index in [2.05, 4.69) is 48.6 Å². The average molecular weight is 235 g/mol. The molecule has 0 saturated carbocycles. The Balaban J connectivity index is 2.29. The first kappa shape index (κ1) is 13.7. The van der Waals surface area contributed by atoms with Crippen molar-refractivity contribution in [3.63, 3.8) is 0 Å². The highest BCUT2D eigenvalue weighted by molar-refractivity contribution is 5.75. The number of nitrogens with one attached hydrogen (secondary N) is 1. The molecular formula is C13H21N3O. The Labute approximate surface area is 103 Å². The van der Waals surface area contributed by atoms with Gasteiger partial charge in [0.05, 0.1) is 0 Å². The van der Waals surface area contributed by atoms with Gasteiger partial charge in [-0.15, -0.1) is 0 Å². The van der Waals surface area contributed by atoms with Gasteiger partial charge in [-0.1, -0.05) is 29.8 Å². The van der Waals surface area contributed by atoms with Crippen LogP contribution in [-0.2, 0) is 11.3 Å². The van der Waals surface area contributed by atoms with Crippen molar-refractivity contribution >= 4 is 5.91 Å². The molecule has 1 aromatic rings. The van der Waals surface area contributed by atoms with Crippen LogP contribution in [0.1, 0.15) is 24.0 Å². The van der Waals surface area contributed by atoms with Gasteiger partial charge >= 0.3 is 0 Å². The van der Waals surface area contributed by atoms with Crippen molar-refractivity contribution in [2.75, 3.05) is 13.6 Å². The Morgan fingerprint density at radius 3 is 2.88 bits per heavy atom. The topological polar surface area (TPSA) is 58.4 Å². The third-order valence-corrected chi connectivity index (χ3v) is 2.64. The lowest BCUT2D eigenvalue weighted by Crippen LogP contribution is -2.30. The van der Waals surface area contributed by atoms with Crippen LogP contribution in [0.3, 0.4) is 0 Å². The number of carbonyl (C=O) groups is 1. The Kier molecular flexibility index (Phi) is 5.66. The van der Waals surface area contributed by atoms with E-state index in [-0.39, 0.29) is 5.91 Å². The molecule has 0 spiro atoms. The summed E-state index contributed by atoms with van der Waals surface area (Å²) in [6.07, 6.45) is 1.31. The maximum absolute atomic E-state index is 10.9. The fourth-order valence-electron chi connectivity index (χ4n) is 1.78. The van der Waals surface area contributed by atoms with E-state index in [1.54, 1.807) is 0 Å². The molecule has 0 fully saturated rings. The van der Waals surface area contributed by atoms with Crippen LogP contribution in [0.25, 0.3) is 0 Å². The molecule has 0 heterocycles. The Morgan fingerprint density at radius 2 is 2.24 bits per heavy atom. The minimum atomic E-state index is -0.103. The van der Waals surface area contributed by atoms with E-state index in [4.69, 9.17) is 5.84 Å². The highest BCUT2D eigenvalue weighted by Crippen LogP contribution is 2.07. The maximum atomic E-state index is 10.9. The van der Waals surface area contributed by atoms with Gasteiger partial charge in [0.2, 0.25) is 5.91 Å². The van der Waals surface area contributed by atoms with Gasteiger partial charge in [-0.05, 0) is 32.5 Å². The first-order chi connectivity index (χ1) is 8.11. The van der Waals surface area contributed by atoms with Crippen LogP contribution < -0.4 is 11.3 Å². The molecule has 0 saturated heterocycles. The maximum Gasteiger partial charge on any atom is 0.233 e. The standard InChI is InChI=1S/C13H21N3O/c1-11-5-3-6-12(9-11)10-16(2)8-4-7-13(17)15-14/h3,5-6,9H,4,7-8,10,14H2,1-2H3,(H,15,17). The van der Waals surface area contributed by atoms with E-state index >= 15 is 0 Å². The minimum absolute atomic E-state index is 0.103. The van der Waals surface area contributed by atoms with Gasteiger partial charge in [0, 0.05) is 13.0 Å². The summed E-state index contributed by atoms with van der Waals surface area (Å²) in [4.78, 5) is 13.1. The van der Waals surface area contributed by atoms with Crippen LogP contribution in [0, 0.1) is 6.92 Å². The summed E-state index contributed by atoms with van der Waals surface area (Å²) in [5, 5.41) is 0. The van der Waals surface area contributed by atoms with Gasteiger partial charge < -0.3 is 4.90 Å². The fraction of sp³-hybridized carbons (Fsp3) is 0.462. The molecule has 0 atom stereocenters. The lowest BCUT2D eigenvalue weighted by Gasteiger charge is -2.16. The average Bonchev–Trinajstić information content (AvgIpc) is 2.28. The molecular weight excluding hydrogens is 214 g/mol. The van der Waals surface area contributed by atoms with E-state index in [9.17, 15) is 4.79 Å². The number of nitrogens with two attached hydrogens (primary N) is 1. The van der Waals surface area contributed by atoms with Crippen LogP contribution in [0.15, 0.2) is 24.3 Å². The molecule has 0 bridgehead atoms. The molecule has 1 rings (SSSR count). The largest absolute Gasteiger partial charge is 0.302 e. The van der Waals surface area contributed by atoms with Gasteiger partial charge in [0.15, 0.2) is 0 Å². The predicted octanol–water partition coefficient (Wildman–Crippen LogP) is 1.20. The second-order valence-corrected chi connectivity index (χ2v) is 4.40. The van der Waals surface area contributed by atoms with E-state index in [1.165, 1.54) is 11.1 Å². The number of hydrogen-bond donors (Lipinski definition) is 2. The SMILES string of the molecule is Cc1cccc(CN(C)CCCC(=O)NN)c1. The third kappa shape index (κ3) is 5.47. The van der Waals surface area contributed by atoms with Crippen LogP contribution in [-0.4, -0.2) is 24.4 Å². The highest BCUT2D eigenvalue weighted by Gasteiger charge is 2.02. The Hall–Kier alpha value is -1.39. The number of rotatable bonds is 6. The molecule has 0 radical (unpaired) electrons. The molecule has 17 heavy (non-hydrogen) atoms. The minimum Gasteiger partial charge on any atom is -0.302 e. The van der Waals surface area contributed by atoms with E-state index < -0.39 is 0 Å². The van der Waals surface area contributed by atoms with Crippen molar-refractivity contribution in [2.24, 2.45) is 5.84 Å². The third-order valence-electron chi connectivity index (χ3n) is 2.64. The van der Waals surface area contributed by atoms with Crippen molar-refractivity contribution in [1.29, 1.82) is 0 Å². The smallest absolute Gasteiger partial charge is 0.233 e. The quantitative estimate of drug-likeness (QED) is 0.442. The van der Waals surface area contributed by atoms with E-state index in [0.29, 0.717) is 6.42 Å². The zero-order valence-electron chi connectivity index (χ0n) is 10.6. The summed E-state index contributed by atoms with van der Waals surface area (Å²) in [6.45, 7) is 3.89. The molecule has 0 aliphatic heterocycles. The summed E-state index contributed by atoms with van der Waals surface area (Å²) in [5.41, 5.74) is 4.72. The number of carbonyl (C=O) groups excluding carboxylic acids is 1. The van der Waals surface area contributed by atoms with Crippen molar-refractivity contribution in [3.05, 3.63) is 35.4 Å². The van der Waals surface area contributed by atoms with Crippen LogP contribution in [0.5, 0.6) is 0 Å². The number of hydrazine groups is 1. The first-order valence-corrected chi connectivity index (χ1v) is 5.85. The monoisotopic (exact) mass is 235 g/mol. The molecule has 3 N–H and O–H groups in total. The van der Waals surface area contributed by atoms with Crippen LogP contribution in [0.2, 0.25) is 0 Å². The zero-order valence-corrected chi connectivity index (χ0v) is 10.6. The highest BCUT2D eigenvalue weighted by atomic mass is 16.2. The van der Waals surface area contributed by atoms with Crippen LogP contribution >= 0.6 is 0 Å². The molecule has 4 nitrogen and oxygen atoms in total. The number of hydrogen-bond acceptors (Lipinski definition) is 3. The zero-order chi connectivity index (χ0) is 12.7. The second kappa shape index (κ2) is 7.04. The van der Waals surface area contributed by atoms with Crippen molar-refractivity contribution in [2.45, 2.75) is 26.3 Å². The summed E-state index contributed by atoms with van der Waals surface area (Å²) in [6, 6.07) is 8.47. The first-order valence-electron chi connectivity index (χ1n) is 5.85. The second-order valence-electron chi connectivity index (χ2n) is 4.40. The number of benzene rings is 1. The Bertz CT molecular complexity index is 365. The predicted molar refractivity (Wildman–Crippen MR) is 69.1 cm³/mol. The molecule has 0 aromatic heterocycles. The fourth-order valence-corrected chi connectivity index (χ4v) is 1.78. The van der Waals surface area contributed by atoms with E-state index in [0.717, 1.165) is 19.5 Å². The van der Waals surface area contributed by atoms with Crippen LogP contribution in [0.4, 0.5) is 0 Å². The summed E-state index contributed by atoms with van der Waals surface area (Å²) >= 11 is 0. The van der Waals surface area contributed by atoms with Gasteiger partial charge in [-0.25, -0.2) is 5.84 Å². The summed E-state index contributed by atoms with van der Waals surface area (Å²) in [5.74, 6) is 4.91. The normalized spacial score (nSPS) is 10.6. The van der Waals surface area contributed by atoms with Gasteiger partial charge in [0.1, 0.15) is 0 Å². The number of amides is 1. The molecule has 94 valence electrons. The Morgan fingerprint density at radius 1 is 1.47 bits per heavy atom. The lowest BCUT2D eigenvalue weighted by molar-refractivity contribution is -0.121. The summed E-state index contributed by atoms with van der Waals surface area (Å²) in [7, 11) is 2.06. The van der Waals surface area contributed by atoms with Gasteiger partial charge in [-0.2, -0.15) is 0 Å².